The number of amides is 3. The minimum absolute atomic E-state index is 0.153. The number of piperazine rings is 1. The lowest BCUT2D eigenvalue weighted by Crippen LogP contribution is -2.49. The van der Waals surface area contributed by atoms with Gasteiger partial charge in [0.1, 0.15) is 24.1 Å². The Morgan fingerprint density at radius 3 is 2.33 bits per heavy atom. The number of amidine groups is 1. The molecule has 13 heteroatoms. The van der Waals surface area contributed by atoms with Crippen molar-refractivity contribution in [3.8, 4) is 0 Å². The van der Waals surface area contributed by atoms with E-state index in [0.29, 0.717) is 37.3 Å². The number of benzene rings is 1. The number of nitrogens with one attached hydrogen (secondary N) is 3. The first kappa shape index (κ1) is 30.8. The summed E-state index contributed by atoms with van der Waals surface area (Å²) in [6.45, 7) is 12.2. The van der Waals surface area contributed by atoms with Gasteiger partial charge in [-0.3, -0.25) is 30.1 Å². The third-order valence-corrected chi connectivity index (χ3v) is 6.26. The van der Waals surface area contributed by atoms with Crippen LogP contribution >= 0.6 is 0 Å². The molecule has 0 saturated carbocycles. The van der Waals surface area contributed by atoms with Crippen LogP contribution in [0.3, 0.4) is 0 Å². The van der Waals surface area contributed by atoms with Crippen molar-refractivity contribution in [2.24, 2.45) is 0 Å². The van der Waals surface area contributed by atoms with E-state index in [2.05, 4.69) is 20.4 Å². The van der Waals surface area contributed by atoms with Crippen molar-refractivity contribution in [3.63, 3.8) is 0 Å². The smallest absolute Gasteiger partial charge is 0.414 e. The lowest BCUT2D eigenvalue weighted by Gasteiger charge is -2.35. The first-order valence-corrected chi connectivity index (χ1v) is 13.5. The molecule has 0 bridgehead atoms. The molecule has 2 aliphatic heterocycles. The molecule has 2 fully saturated rings. The molecule has 2 aliphatic rings. The van der Waals surface area contributed by atoms with Gasteiger partial charge in [-0.2, -0.15) is 0 Å². The average Bonchev–Trinajstić information content (AvgIpc) is 3.26. The Hall–Kier alpha value is -3.71. The van der Waals surface area contributed by atoms with Crippen LogP contribution in [0.1, 0.15) is 39.7 Å². The van der Waals surface area contributed by atoms with Crippen molar-refractivity contribution in [2.75, 3.05) is 63.9 Å². The Bertz CT molecular complexity index is 1060. The molecule has 13 nitrogen and oxygen atoms in total. The van der Waals surface area contributed by atoms with Crippen molar-refractivity contribution in [1.82, 2.24) is 20.4 Å². The summed E-state index contributed by atoms with van der Waals surface area (Å²) in [4.78, 5) is 53.8. The molecule has 2 heterocycles. The normalized spacial score (nSPS) is 18.1. The second-order valence-electron chi connectivity index (χ2n) is 10.6. The van der Waals surface area contributed by atoms with Gasteiger partial charge in [0, 0.05) is 50.5 Å². The first-order valence-electron chi connectivity index (χ1n) is 13.5. The fourth-order valence-electron chi connectivity index (χ4n) is 4.36. The summed E-state index contributed by atoms with van der Waals surface area (Å²) in [7, 11) is 0. The van der Waals surface area contributed by atoms with Crippen LogP contribution in [0, 0.1) is 5.41 Å². The topological polar surface area (TPSA) is 154 Å². The number of hydrogen-bond acceptors (Lipinski definition) is 10. The van der Waals surface area contributed by atoms with E-state index in [4.69, 9.17) is 19.6 Å². The summed E-state index contributed by atoms with van der Waals surface area (Å²) in [5.74, 6) is -0.910. The van der Waals surface area contributed by atoms with Crippen molar-refractivity contribution < 1.29 is 33.4 Å². The predicted molar refractivity (Wildman–Crippen MR) is 147 cm³/mol. The van der Waals surface area contributed by atoms with Gasteiger partial charge in [0.25, 0.3) is 0 Å². The molecule has 2 saturated heterocycles. The van der Waals surface area contributed by atoms with E-state index < -0.39 is 23.7 Å². The van der Waals surface area contributed by atoms with E-state index in [9.17, 15) is 19.2 Å². The fraction of sp³-hybridized carbons (Fsp3) is 0.593. The summed E-state index contributed by atoms with van der Waals surface area (Å²) < 4.78 is 15.7. The maximum absolute atomic E-state index is 12.6. The summed E-state index contributed by atoms with van der Waals surface area (Å²) in [5, 5.41) is 12.8. The van der Waals surface area contributed by atoms with Crippen molar-refractivity contribution in [2.45, 2.75) is 45.8 Å². The van der Waals surface area contributed by atoms with E-state index in [1.165, 1.54) is 0 Å². The highest BCUT2D eigenvalue weighted by Crippen LogP contribution is 2.23. The van der Waals surface area contributed by atoms with E-state index in [1.807, 2.05) is 20.8 Å². The fourth-order valence-corrected chi connectivity index (χ4v) is 4.36. The number of hydrogen-bond donors (Lipinski definition) is 3. The average molecular weight is 561 g/mol. The molecule has 3 N–H and O–H groups in total. The second kappa shape index (κ2) is 14.1. The predicted octanol–water partition coefficient (Wildman–Crippen LogP) is 1.55. The minimum atomic E-state index is -0.697. The molecule has 1 aromatic carbocycles. The lowest BCUT2D eigenvalue weighted by atomic mass is 10.1. The number of cyclic esters (lactones) is 1. The van der Waals surface area contributed by atoms with E-state index >= 15 is 0 Å². The van der Waals surface area contributed by atoms with E-state index in [0.717, 1.165) is 26.2 Å². The van der Waals surface area contributed by atoms with Gasteiger partial charge in [-0.15, -0.1) is 0 Å². The van der Waals surface area contributed by atoms with Gasteiger partial charge in [0.05, 0.1) is 19.6 Å². The van der Waals surface area contributed by atoms with Gasteiger partial charge >= 0.3 is 24.1 Å². The second-order valence-corrected chi connectivity index (χ2v) is 10.6. The summed E-state index contributed by atoms with van der Waals surface area (Å²) in [5.41, 5.74) is 0.585. The third-order valence-electron chi connectivity index (χ3n) is 6.26. The molecule has 1 unspecified atom stereocenters. The SMILES string of the molecule is CCOC(=O)CNC(=O)NC(=N)c1ccc(N2CC(CN3CCN(CCC(=O)OC(C)(C)C)CC3)OC2=O)cc1. The number of nitrogens with zero attached hydrogens (tertiary/aromatic N) is 3. The summed E-state index contributed by atoms with van der Waals surface area (Å²) in [6, 6.07) is 5.93. The van der Waals surface area contributed by atoms with E-state index in [1.54, 1.807) is 36.1 Å². The number of anilines is 1. The standard InChI is InChI=1S/C27H40N6O7/c1-5-38-23(35)16-29-25(36)30-24(28)19-6-8-20(9-7-19)33-18-21(39-26(33)37)17-32-14-12-31(13-15-32)11-10-22(34)40-27(2,3)4/h6-9,21H,5,10-18H2,1-4H3,(H3,28,29,30,36). The molecule has 1 aromatic rings. The number of carbonyl (C=O) groups is 4. The third kappa shape index (κ3) is 9.79. The van der Waals surface area contributed by atoms with Gasteiger partial charge in [-0.05, 0) is 52.0 Å². The molecule has 3 amide bonds. The summed E-state index contributed by atoms with van der Waals surface area (Å²) >= 11 is 0. The highest BCUT2D eigenvalue weighted by molar-refractivity contribution is 6.06. The minimum Gasteiger partial charge on any atom is -0.465 e. The Kier molecular flexibility index (Phi) is 10.8. The number of carbonyl (C=O) groups excluding carboxylic acids is 4. The molecule has 0 aliphatic carbocycles. The first-order chi connectivity index (χ1) is 18.9. The highest BCUT2D eigenvalue weighted by atomic mass is 16.6. The molecular formula is C27H40N6O7. The Morgan fingerprint density at radius 1 is 1.05 bits per heavy atom. The number of ether oxygens (including phenoxy) is 3. The monoisotopic (exact) mass is 560 g/mol. The van der Waals surface area contributed by atoms with Crippen LogP contribution in [-0.2, 0) is 23.8 Å². The molecule has 40 heavy (non-hydrogen) atoms. The summed E-state index contributed by atoms with van der Waals surface area (Å²) in [6.07, 6.45) is -0.340. The zero-order chi connectivity index (χ0) is 29.3. The van der Waals surface area contributed by atoms with Crippen LogP contribution in [0.15, 0.2) is 24.3 Å². The molecule has 0 spiro atoms. The Labute approximate surface area is 234 Å². The molecule has 0 radical (unpaired) electrons. The quantitative estimate of drug-likeness (QED) is 0.167. The molecule has 0 aromatic heterocycles. The van der Waals surface area contributed by atoms with Gasteiger partial charge in [-0.25, -0.2) is 9.59 Å². The maximum atomic E-state index is 12.6. The zero-order valence-corrected chi connectivity index (χ0v) is 23.7. The van der Waals surface area contributed by atoms with Gasteiger partial charge < -0.3 is 24.4 Å². The highest BCUT2D eigenvalue weighted by Gasteiger charge is 2.34. The maximum Gasteiger partial charge on any atom is 0.414 e. The molecule has 3 rings (SSSR count). The van der Waals surface area contributed by atoms with Gasteiger partial charge in [0.15, 0.2) is 0 Å². The Morgan fingerprint density at radius 2 is 1.70 bits per heavy atom. The van der Waals surface area contributed by atoms with Crippen LogP contribution in [0.25, 0.3) is 0 Å². The van der Waals surface area contributed by atoms with Crippen LogP contribution in [0.2, 0.25) is 0 Å². The van der Waals surface area contributed by atoms with Gasteiger partial charge in [-0.1, -0.05) is 0 Å². The number of esters is 2. The molecule has 1 atom stereocenters. The van der Waals surface area contributed by atoms with Crippen molar-refractivity contribution in [1.29, 1.82) is 5.41 Å². The largest absolute Gasteiger partial charge is 0.465 e. The van der Waals surface area contributed by atoms with Crippen LogP contribution in [-0.4, -0.2) is 110 Å². The van der Waals surface area contributed by atoms with Crippen molar-refractivity contribution in [3.05, 3.63) is 29.8 Å². The van der Waals surface area contributed by atoms with Crippen LogP contribution in [0.5, 0.6) is 0 Å². The molecular weight excluding hydrogens is 520 g/mol. The Balaban J connectivity index is 1.40. The number of urea groups is 1. The van der Waals surface area contributed by atoms with E-state index in [-0.39, 0.29) is 31.1 Å². The van der Waals surface area contributed by atoms with Crippen LogP contribution in [0.4, 0.5) is 15.3 Å². The van der Waals surface area contributed by atoms with Crippen molar-refractivity contribution >= 4 is 35.6 Å². The number of rotatable bonds is 10. The zero-order valence-electron chi connectivity index (χ0n) is 23.7. The molecule has 220 valence electrons. The van der Waals surface area contributed by atoms with Gasteiger partial charge in [0.2, 0.25) is 0 Å². The lowest BCUT2D eigenvalue weighted by molar-refractivity contribution is -0.155. The van der Waals surface area contributed by atoms with Crippen LogP contribution < -0.4 is 15.5 Å².